The fourth-order valence-corrected chi connectivity index (χ4v) is 2.90. The molecule has 0 saturated carbocycles. The molecule has 0 bridgehead atoms. The molecule has 0 radical (unpaired) electrons. The van der Waals surface area contributed by atoms with Crippen LogP contribution < -0.4 is 11.3 Å². The van der Waals surface area contributed by atoms with Gasteiger partial charge in [-0.3, -0.25) is 15.1 Å². The van der Waals surface area contributed by atoms with Gasteiger partial charge in [0, 0.05) is 24.2 Å². The van der Waals surface area contributed by atoms with Crippen molar-refractivity contribution in [3.63, 3.8) is 0 Å². The lowest BCUT2D eigenvalue weighted by molar-refractivity contribution is 0.0953. The number of benzene rings is 1. The summed E-state index contributed by atoms with van der Waals surface area (Å²) < 4.78 is 0. The van der Waals surface area contributed by atoms with E-state index in [0.29, 0.717) is 17.6 Å². The minimum absolute atomic E-state index is 0.243. The van der Waals surface area contributed by atoms with Crippen molar-refractivity contribution in [1.82, 2.24) is 10.3 Å². The van der Waals surface area contributed by atoms with Gasteiger partial charge in [-0.05, 0) is 43.9 Å². The van der Waals surface area contributed by atoms with E-state index in [-0.39, 0.29) is 5.91 Å². The number of nitrogens with one attached hydrogen (secondary N) is 1. The fourth-order valence-electron chi connectivity index (χ4n) is 2.90. The summed E-state index contributed by atoms with van der Waals surface area (Å²) >= 11 is 0. The van der Waals surface area contributed by atoms with Crippen LogP contribution in [0.4, 0.5) is 0 Å². The molecule has 1 heterocycles. The van der Waals surface area contributed by atoms with Crippen LogP contribution in [0.15, 0.2) is 24.3 Å². The Morgan fingerprint density at radius 3 is 2.63 bits per heavy atom. The van der Waals surface area contributed by atoms with Crippen molar-refractivity contribution in [3.8, 4) is 0 Å². The summed E-state index contributed by atoms with van der Waals surface area (Å²) in [6.45, 7) is 5.51. The number of rotatable bonds is 4. The summed E-state index contributed by atoms with van der Waals surface area (Å²) in [7, 11) is 0. The Morgan fingerprint density at radius 1 is 1.37 bits per heavy atom. The van der Waals surface area contributed by atoms with E-state index in [4.69, 9.17) is 5.84 Å². The number of likely N-dealkylation sites (tertiary alicyclic amines) is 1. The first-order valence-corrected chi connectivity index (χ1v) is 7.01. The largest absolute Gasteiger partial charge is 0.293 e. The smallest absolute Gasteiger partial charge is 0.265 e. The lowest BCUT2D eigenvalue weighted by Gasteiger charge is -2.27. The Bertz CT molecular complexity index is 430. The number of nitrogen functional groups attached to an aromatic ring is 1. The number of amides is 1. The van der Waals surface area contributed by atoms with Crippen LogP contribution >= 0.6 is 0 Å². The number of carbonyl (C=O) groups excluding carboxylic acids is 1. The Balaban J connectivity index is 2.05. The second kappa shape index (κ2) is 6.17. The molecule has 0 aromatic heterocycles. The summed E-state index contributed by atoms with van der Waals surface area (Å²) in [5.41, 5.74) is 4.00. The Labute approximate surface area is 114 Å². The maximum atomic E-state index is 11.4. The van der Waals surface area contributed by atoms with Crippen molar-refractivity contribution >= 4 is 5.91 Å². The topological polar surface area (TPSA) is 58.4 Å². The third-order valence-electron chi connectivity index (χ3n) is 4.14. The van der Waals surface area contributed by atoms with Gasteiger partial charge in [-0.1, -0.05) is 19.1 Å². The van der Waals surface area contributed by atoms with Crippen LogP contribution in [0.25, 0.3) is 0 Å². The standard InChI is InChI=1S/C15H23N3O/c1-3-14-9-4-11(2)18(14)10-12-5-7-13(8-6-12)15(19)17-16/h5-8,11,14H,3-4,9-10,16H2,1-2H3,(H,17,19). The van der Waals surface area contributed by atoms with Crippen LogP contribution in [0.2, 0.25) is 0 Å². The molecular weight excluding hydrogens is 238 g/mol. The molecule has 1 aliphatic heterocycles. The average Bonchev–Trinajstić information content (AvgIpc) is 2.79. The fraction of sp³-hybridized carbons (Fsp3) is 0.533. The van der Waals surface area contributed by atoms with Crippen LogP contribution in [0.3, 0.4) is 0 Å². The van der Waals surface area contributed by atoms with Crippen molar-refractivity contribution < 1.29 is 4.79 Å². The average molecular weight is 261 g/mol. The highest BCUT2D eigenvalue weighted by atomic mass is 16.2. The Morgan fingerprint density at radius 2 is 2.05 bits per heavy atom. The summed E-state index contributed by atoms with van der Waals surface area (Å²) in [5.74, 6) is 4.88. The molecule has 2 unspecified atom stereocenters. The van der Waals surface area contributed by atoms with E-state index in [9.17, 15) is 4.79 Å². The van der Waals surface area contributed by atoms with E-state index in [2.05, 4.69) is 24.2 Å². The molecule has 19 heavy (non-hydrogen) atoms. The zero-order valence-electron chi connectivity index (χ0n) is 11.7. The van der Waals surface area contributed by atoms with Gasteiger partial charge in [-0.15, -0.1) is 0 Å². The molecule has 4 nitrogen and oxygen atoms in total. The van der Waals surface area contributed by atoms with Crippen LogP contribution in [-0.2, 0) is 6.54 Å². The molecule has 0 aliphatic carbocycles. The second-order valence-electron chi connectivity index (χ2n) is 5.33. The van der Waals surface area contributed by atoms with Gasteiger partial charge in [0.25, 0.3) is 5.91 Å². The maximum Gasteiger partial charge on any atom is 0.265 e. The molecule has 1 aliphatic rings. The van der Waals surface area contributed by atoms with Gasteiger partial charge in [0.05, 0.1) is 0 Å². The van der Waals surface area contributed by atoms with E-state index in [1.54, 1.807) is 0 Å². The highest BCUT2D eigenvalue weighted by Crippen LogP contribution is 2.27. The number of hydrogen-bond acceptors (Lipinski definition) is 3. The Hall–Kier alpha value is -1.39. The zero-order valence-corrected chi connectivity index (χ0v) is 11.7. The zero-order chi connectivity index (χ0) is 13.8. The minimum atomic E-state index is -0.243. The molecule has 0 spiro atoms. The van der Waals surface area contributed by atoms with Gasteiger partial charge >= 0.3 is 0 Å². The number of nitrogens with two attached hydrogens (primary N) is 1. The molecular formula is C15H23N3O. The molecule has 1 aromatic rings. The first-order valence-electron chi connectivity index (χ1n) is 7.01. The van der Waals surface area contributed by atoms with Crippen molar-refractivity contribution in [2.75, 3.05) is 0 Å². The van der Waals surface area contributed by atoms with Gasteiger partial charge in [0.1, 0.15) is 0 Å². The Kier molecular flexibility index (Phi) is 4.56. The summed E-state index contributed by atoms with van der Waals surface area (Å²) in [6.07, 6.45) is 3.79. The summed E-state index contributed by atoms with van der Waals surface area (Å²) in [6, 6.07) is 9.04. The second-order valence-corrected chi connectivity index (χ2v) is 5.33. The van der Waals surface area contributed by atoms with E-state index in [1.807, 2.05) is 24.3 Å². The van der Waals surface area contributed by atoms with Crippen LogP contribution in [0.5, 0.6) is 0 Å². The highest BCUT2D eigenvalue weighted by molar-refractivity contribution is 5.93. The van der Waals surface area contributed by atoms with Gasteiger partial charge in [0.15, 0.2) is 0 Å². The molecule has 1 saturated heterocycles. The summed E-state index contributed by atoms with van der Waals surface area (Å²) in [4.78, 5) is 13.9. The lowest BCUT2D eigenvalue weighted by atomic mass is 10.1. The predicted molar refractivity (Wildman–Crippen MR) is 76.4 cm³/mol. The monoisotopic (exact) mass is 261 g/mol. The third-order valence-corrected chi connectivity index (χ3v) is 4.14. The van der Waals surface area contributed by atoms with E-state index in [0.717, 1.165) is 6.54 Å². The molecule has 1 fully saturated rings. The first-order chi connectivity index (χ1) is 9.15. The van der Waals surface area contributed by atoms with Crippen LogP contribution in [0, 0.1) is 0 Å². The molecule has 2 atom stereocenters. The molecule has 3 N–H and O–H groups in total. The van der Waals surface area contributed by atoms with Crippen molar-refractivity contribution in [2.24, 2.45) is 5.84 Å². The number of hydrogen-bond donors (Lipinski definition) is 2. The molecule has 2 rings (SSSR count). The minimum Gasteiger partial charge on any atom is -0.293 e. The number of nitrogens with zero attached hydrogens (tertiary/aromatic N) is 1. The lowest BCUT2D eigenvalue weighted by Crippen LogP contribution is -2.33. The van der Waals surface area contributed by atoms with E-state index >= 15 is 0 Å². The van der Waals surface area contributed by atoms with Gasteiger partial charge in [-0.2, -0.15) is 0 Å². The quantitative estimate of drug-likeness (QED) is 0.495. The normalized spacial score (nSPS) is 23.5. The van der Waals surface area contributed by atoms with Crippen molar-refractivity contribution in [2.45, 2.75) is 51.7 Å². The van der Waals surface area contributed by atoms with Crippen molar-refractivity contribution in [3.05, 3.63) is 35.4 Å². The van der Waals surface area contributed by atoms with Crippen molar-refractivity contribution in [1.29, 1.82) is 0 Å². The van der Waals surface area contributed by atoms with E-state index < -0.39 is 0 Å². The third kappa shape index (κ3) is 3.14. The number of hydrazine groups is 1. The summed E-state index contributed by atoms with van der Waals surface area (Å²) in [5, 5.41) is 0. The molecule has 1 aromatic carbocycles. The first kappa shape index (κ1) is 14.0. The number of carbonyl (C=O) groups is 1. The van der Waals surface area contributed by atoms with Crippen LogP contribution in [0.1, 0.15) is 49.0 Å². The maximum absolute atomic E-state index is 11.4. The van der Waals surface area contributed by atoms with Crippen LogP contribution in [-0.4, -0.2) is 22.9 Å². The van der Waals surface area contributed by atoms with Gasteiger partial charge < -0.3 is 0 Å². The molecule has 1 amide bonds. The molecule has 104 valence electrons. The van der Waals surface area contributed by atoms with Gasteiger partial charge in [0.2, 0.25) is 0 Å². The van der Waals surface area contributed by atoms with E-state index in [1.165, 1.54) is 24.8 Å². The predicted octanol–water partition coefficient (Wildman–Crippen LogP) is 2.05. The van der Waals surface area contributed by atoms with Gasteiger partial charge in [-0.25, -0.2) is 5.84 Å². The SMILES string of the molecule is CCC1CCC(C)N1Cc1ccc(C(=O)NN)cc1. The highest BCUT2D eigenvalue weighted by Gasteiger charge is 2.28. The molecule has 4 heteroatoms.